The first-order chi connectivity index (χ1) is 26.2. The van der Waals surface area contributed by atoms with E-state index in [1.807, 2.05) is 24.3 Å². The largest absolute Gasteiger partial charge is 0.456 e. The minimum absolute atomic E-state index is 0.684. The number of rotatable bonds is 6. The van der Waals surface area contributed by atoms with E-state index in [2.05, 4.69) is 170 Å². The maximum atomic E-state index is 6.21. The summed E-state index contributed by atoms with van der Waals surface area (Å²) in [5.41, 5.74) is 13.3. The highest BCUT2D eigenvalue weighted by Crippen LogP contribution is 2.39. The second kappa shape index (κ2) is 12.9. The zero-order valence-corrected chi connectivity index (χ0v) is 28.8. The molecule has 2 aromatic heterocycles. The average Bonchev–Trinajstić information content (AvgIpc) is 3.62. The van der Waals surface area contributed by atoms with Crippen LogP contribution in [0.3, 0.4) is 0 Å². The van der Waals surface area contributed by atoms with Gasteiger partial charge in [-0.3, -0.25) is 0 Å². The minimum atomic E-state index is 0.684. The SMILES string of the molecule is c1ccc(-c2cc(-c3cc(-c4ccc5oc6ccccc6c5c4)cc(-c4cccc5ccccc45)c3)nc(-c3ccccc3-c3ccccc3)n2)cc1. The summed E-state index contributed by atoms with van der Waals surface area (Å²) in [7, 11) is 0. The smallest absolute Gasteiger partial charge is 0.161 e. The van der Waals surface area contributed by atoms with E-state index in [0.29, 0.717) is 5.82 Å². The zero-order valence-electron chi connectivity index (χ0n) is 28.8. The Morgan fingerprint density at radius 1 is 0.302 bits per heavy atom. The third-order valence-corrected chi connectivity index (χ3v) is 10.1. The van der Waals surface area contributed by atoms with Crippen molar-refractivity contribution in [3.63, 3.8) is 0 Å². The molecule has 0 saturated carbocycles. The number of furan rings is 1. The van der Waals surface area contributed by atoms with E-state index in [1.54, 1.807) is 0 Å². The lowest BCUT2D eigenvalue weighted by molar-refractivity contribution is 0.669. The fourth-order valence-corrected chi connectivity index (χ4v) is 7.50. The van der Waals surface area contributed by atoms with Crippen LogP contribution in [0.5, 0.6) is 0 Å². The molecule has 0 atom stereocenters. The summed E-state index contributed by atoms with van der Waals surface area (Å²) in [6, 6.07) is 68.1. The van der Waals surface area contributed by atoms with Crippen LogP contribution in [-0.4, -0.2) is 9.97 Å². The monoisotopic (exact) mass is 676 g/mol. The lowest BCUT2D eigenvalue weighted by Gasteiger charge is -2.15. The van der Waals surface area contributed by atoms with Crippen LogP contribution < -0.4 is 0 Å². The Bertz CT molecular complexity index is 2940. The third-order valence-electron chi connectivity index (χ3n) is 10.1. The molecule has 3 nitrogen and oxygen atoms in total. The predicted octanol–water partition coefficient (Wildman–Crippen LogP) is 13.5. The van der Waals surface area contributed by atoms with E-state index in [0.717, 1.165) is 77.8 Å². The second-order valence-corrected chi connectivity index (χ2v) is 13.4. The van der Waals surface area contributed by atoms with E-state index >= 15 is 0 Å². The number of para-hydroxylation sites is 1. The maximum absolute atomic E-state index is 6.21. The number of hydrogen-bond donors (Lipinski definition) is 0. The molecule has 0 radical (unpaired) electrons. The van der Waals surface area contributed by atoms with E-state index in [4.69, 9.17) is 14.4 Å². The molecule has 0 amide bonds. The van der Waals surface area contributed by atoms with E-state index in [9.17, 15) is 0 Å². The van der Waals surface area contributed by atoms with E-state index < -0.39 is 0 Å². The highest BCUT2D eigenvalue weighted by Gasteiger charge is 2.17. The van der Waals surface area contributed by atoms with Crippen molar-refractivity contribution in [2.45, 2.75) is 0 Å². The van der Waals surface area contributed by atoms with Gasteiger partial charge in [0.05, 0.1) is 11.4 Å². The zero-order chi connectivity index (χ0) is 35.1. The highest BCUT2D eigenvalue weighted by atomic mass is 16.3. The third kappa shape index (κ3) is 5.65. The molecular weight excluding hydrogens is 645 g/mol. The first kappa shape index (κ1) is 30.7. The summed E-state index contributed by atoms with van der Waals surface area (Å²) >= 11 is 0. The maximum Gasteiger partial charge on any atom is 0.161 e. The van der Waals surface area contributed by atoms with Crippen molar-refractivity contribution in [3.8, 4) is 67.3 Å². The summed E-state index contributed by atoms with van der Waals surface area (Å²) in [6.07, 6.45) is 0. The second-order valence-electron chi connectivity index (χ2n) is 13.4. The van der Waals surface area contributed by atoms with Crippen molar-refractivity contribution in [3.05, 3.63) is 194 Å². The van der Waals surface area contributed by atoms with Crippen LogP contribution in [0.1, 0.15) is 0 Å². The Labute approximate surface area is 307 Å². The van der Waals surface area contributed by atoms with Gasteiger partial charge in [-0.25, -0.2) is 9.97 Å². The van der Waals surface area contributed by atoms with Gasteiger partial charge in [0.1, 0.15) is 11.2 Å². The Balaban J connectivity index is 1.23. The summed E-state index contributed by atoms with van der Waals surface area (Å²) in [5, 5.41) is 4.62. The van der Waals surface area contributed by atoms with E-state index in [1.165, 1.54) is 16.3 Å². The van der Waals surface area contributed by atoms with Crippen LogP contribution in [0.2, 0.25) is 0 Å². The van der Waals surface area contributed by atoms with Crippen molar-refractivity contribution in [1.29, 1.82) is 0 Å². The van der Waals surface area contributed by atoms with Gasteiger partial charge in [0.25, 0.3) is 0 Å². The minimum Gasteiger partial charge on any atom is -0.456 e. The fourth-order valence-electron chi connectivity index (χ4n) is 7.50. The molecule has 0 aliphatic carbocycles. The molecule has 0 fully saturated rings. The Kier molecular flexibility index (Phi) is 7.47. The van der Waals surface area contributed by atoms with Crippen LogP contribution in [-0.2, 0) is 0 Å². The number of benzene rings is 8. The molecule has 0 saturated heterocycles. The Morgan fingerprint density at radius 2 is 0.887 bits per heavy atom. The van der Waals surface area contributed by atoms with Crippen LogP contribution in [0.25, 0.3) is 100.0 Å². The molecular formula is C50H32N2O. The molecule has 2 heterocycles. The number of nitrogens with zero attached hydrogens (tertiary/aromatic N) is 2. The normalized spacial score (nSPS) is 11.4. The van der Waals surface area contributed by atoms with Crippen molar-refractivity contribution in [1.82, 2.24) is 9.97 Å². The lowest BCUT2D eigenvalue weighted by Crippen LogP contribution is -1.98. The topological polar surface area (TPSA) is 38.9 Å². The van der Waals surface area contributed by atoms with Crippen molar-refractivity contribution < 1.29 is 4.42 Å². The van der Waals surface area contributed by atoms with Gasteiger partial charge in [-0.05, 0) is 86.6 Å². The summed E-state index contributed by atoms with van der Waals surface area (Å²) in [5.74, 6) is 0.684. The Hall–Kier alpha value is -7.10. The van der Waals surface area contributed by atoms with Gasteiger partial charge in [0.2, 0.25) is 0 Å². The number of hydrogen-bond acceptors (Lipinski definition) is 3. The highest BCUT2D eigenvalue weighted by molar-refractivity contribution is 6.06. The fraction of sp³-hybridized carbons (Fsp3) is 0. The average molecular weight is 677 g/mol. The molecule has 10 aromatic rings. The lowest BCUT2D eigenvalue weighted by atomic mass is 9.91. The van der Waals surface area contributed by atoms with Gasteiger partial charge in [-0.2, -0.15) is 0 Å². The van der Waals surface area contributed by atoms with Crippen molar-refractivity contribution >= 4 is 32.7 Å². The first-order valence-electron chi connectivity index (χ1n) is 17.9. The van der Waals surface area contributed by atoms with Crippen molar-refractivity contribution in [2.75, 3.05) is 0 Å². The standard InChI is InChI=1S/C50H32N2O/c1-3-14-33(15-4-1)41-21-9-10-23-44(41)50-51-46(35-17-5-2-6-18-35)32-47(52-50)39-29-37(28-38(30-39)42-24-13-19-34-16-7-8-20-40(34)42)36-26-27-49-45(31-36)43-22-11-12-25-48(43)53-49/h1-32H. The summed E-state index contributed by atoms with van der Waals surface area (Å²) < 4.78 is 6.21. The van der Waals surface area contributed by atoms with Gasteiger partial charge >= 0.3 is 0 Å². The molecule has 0 unspecified atom stereocenters. The summed E-state index contributed by atoms with van der Waals surface area (Å²) in [4.78, 5) is 10.6. The molecule has 10 rings (SSSR count). The first-order valence-corrected chi connectivity index (χ1v) is 17.9. The molecule has 53 heavy (non-hydrogen) atoms. The quantitative estimate of drug-likeness (QED) is 0.176. The van der Waals surface area contributed by atoms with Crippen LogP contribution in [0.4, 0.5) is 0 Å². The molecule has 3 heteroatoms. The van der Waals surface area contributed by atoms with Crippen LogP contribution in [0.15, 0.2) is 199 Å². The van der Waals surface area contributed by atoms with Crippen LogP contribution in [0, 0.1) is 0 Å². The van der Waals surface area contributed by atoms with Gasteiger partial charge in [-0.15, -0.1) is 0 Å². The van der Waals surface area contributed by atoms with Gasteiger partial charge in [-0.1, -0.05) is 152 Å². The molecule has 0 spiro atoms. The van der Waals surface area contributed by atoms with Crippen molar-refractivity contribution in [2.24, 2.45) is 0 Å². The molecule has 0 aliphatic heterocycles. The van der Waals surface area contributed by atoms with Gasteiger partial charge in [0.15, 0.2) is 5.82 Å². The molecule has 248 valence electrons. The van der Waals surface area contributed by atoms with Crippen LogP contribution >= 0.6 is 0 Å². The summed E-state index contributed by atoms with van der Waals surface area (Å²) in [6.45, 7) is 0. The molecule has 0 aliphatic rings. The van der Waals surface area contributed by atoms with Gasteiger partial charge < -0.3 is 4.42 Å². The number of aromatic nitrogens is 2. The molecule has 0 N–H and O–H groups in total. The number of fused-ring (bicyclic) bond motifs is 4. The predicted molar refractivity (Wildman–Crippen MR) is 219 cm³/mol. The Morgan fingerprint density at radius 3 is 1.72 bits per heavy atom. The van der Waals surface area contributed by atoms with Gasteiger partial charge in [0, 0.05) is 27.5 Å². The molecule has 0 bridgehead atoms. The molecule has 8 aromatic carbocycles. The van der Waals surface area contributed by atoms with E-state index in [-0.39, 0.29) is 0 Å².